The van der Waals surface area contributed by atoms with Crippen molar-refractivity contribution in [2.45, 2.75) is 13.3 Å². The predicted molar refractivity (Wildman–Crippen MR) is 85.5 cm³/mol. The van der Waals surface area contributed by atoms with E-state index in [4.69, 9.17) is 0 Å². The largest absolute Gasteiger partial charge is 0.322 e. The summed E-state index contributed by atoms with van der Waals surface area (Å²) in [6.45, 7) is 2.11. The summed E-state index contributed by atoms with van der Waals surface area (Å²) >= 11 is 0. The van der Waals surface area contributed by atoms with Crippen LogP contribution in [0.3, 0.4) is 0 Å². The first kappa shape index (κ1) is 13.3. The van der Waals surface area contributed by atoms with E-state index in [2.05, 4.69) is 17.2 Å². The third-order valence-electron chi connectivity index (χ3n) is 3.51. The monoisotopic (exact) mass is 276 g/mol. The van der Waals surface area contributed by atoms with Crippen LogP contribution in [0.4, 0.5) is 5.69 Å². The van der Waals surface area contributed by atoms with Gasteiger partial charge in [-0.1, -0.05) is 37.3 Å². The van der Waals surface area contributed by atoms with Crippen LogP contribution in [0.2, 0.25) is 0 Å². The molecule has 1 heterocycles. The van der Waals surface area contributed by atoms with Crippen LogP contribution in [0.5, 0.6) is 0 Å². The van der Waals surface area contributed by atoms with E-state index in [9.17, 15) is 4.79 Å². The second-order valence-corrected chi connectivity index (χ2v) is 4.88. The van der Waals surface area contributed by atoms with Crippen LogP contribution in [0, 0.1) is 0 Å². The van der Waals surface area contributed by atoms with Gasteiger partial charge >= 0.3 is 0 Å². The molecule has 21 heavy (non-hydrogen) atoms. The number of benzene rings is 2. The fourth-order valence-electron chi connectivity index (χ4n) is 2.32. The molecule has 1 amide bonds. The van der Waals surface area contributed by atoms with E-state index in [1.807, 2.05) is 48.5 Å². The Morgan fingerprint density at radius 2 is 1.81 bits per heavy atom. The quantitative estimate of drug-likeness (QED) is 0.784. The minimum atomic E-state index is -0.113. The summed E-state index contributed by atoms with van der Waals surface area (Å²) in [5.41, 5.74) is 3.52. The molecule has 0 aliphatic heterocycles. The highest BCUT2D eigenvalue weighted by Gasteiger charge is 2.10. The van der Waals surface area contributed by atoms with Gasteiger partial charge in [0.2, 0.25) is 0 Å². The standard InChI is InChI=1S/C18H16N2O/c1-2-13-7-9-14(10-8-13)20-18(21)16-11-12-19-17-6-4-3-5-15(16)17/h3-12H,2H2,1H3,(H,20,21). The number of pyridine rings is 1. The summed E-state index contributed by atoms with van der Waals surface area (Å²) in [5.74, 6) is -0.113. The van der Waals surface area contributed by atoms with Crippen LogP contribution in [0.25, 0.3) is 10.9 Å². The second-order valence-electron chi connectivity index (χ2n) is 4.88. The number of amides is 1. The molecule has 0 saturated heterocycles. The lowest BCUT2D eigenvalue weighted by atomic mass is 10.1. The van der Waals surface area contributed by atoms with Gasteiger partial charge in [-0.05, 0) is 36.2 Å². The van der Waals surface area contributed by atoms with Gasteiger partial charge in [0.15, 0.2) is 0 Å². The number of hydrogen-bond donors (Lipinski definition) is 1. The SMILES string of the molecule is CCc1ccc(NC(=O)c2ccnc3ccccc23)cc1. The first-order valence-corrected chi connectivity index (χ1v) is 7.02. The number of rotatable bonds is 3. The minimum absolute atomic E-state index is 0.113. The molecule has 3 nitrogen and oxygen atoms in total. The van der Waals surface area contributed by atoms with Gasteiger partial charge in [0.05, 0.1) is 11.1 Å². The van der Waals surface area contributed by atoms with Crippen molar-refractivity contribution in [1.82, 2.24) is 4.98 Å². The topological polar surface area (TPSA) is 42.0 Å². The molecule has 2 aromatic carbocycles. The van der Waals surface area contributed by atoms with Crippen molar-refractivity contribution in [3.63, 3.8) is 0 Å². The Balaban J connectivity index is 1.90. The van der Waals surface area contributed by atoms with Crippen LogP contribution in [-0.2, 0) is 6.42 Å². The van der Waals surface area contributed by atoms with Gasteiger partial charge in [0, 0.05) is 17.3 Å². The molecule has 0 aliphatic carbocycles. The molecule has 0 unspecified atom stereocenters. The lowest BCUT2D eigenvalue weighted by molar-refractivity contribution is 0.102. The molecule has 0 aliphatic rings. The highest BCUT2D eigenvalue weighted by Crippen LogP contribution is 2.18. The van der Waals surface area contributed by atoms with E-state index in [0.29, 0.717) is 5.56 Å². The average Bonchev–Trinajstić information content (AvgIpc) is 2.55. The fraction of sp³-hybridized carbons (Fsp3) is 0.111. The van der Waals surface area contributed by atoms with Gasteiger partial charge in [-0.25, -0.2) is 0 Å². The number of anilines is 1. The van der Waals surface area contributed by atoms with E-state index in [-0.39, 0.29) is 5.91 Å². The molecule has 3 rings (SSSR count). The summed E-state index contributed by atoms with van der Waals surface area (Å²) in [5, 5.41) is 3.80. The van der Waals surface area contributed by atoms with Crippen LogP contribution in [0.15, 0.2) is 60.8 Å². The minimum Gasteiger partial charge on any atom is -0.322 e. The smallest absolute Gasteiger partial charge is 0.256 e. The lowest BCUT2D eigenvalue weighted by Crippen LogP contribution is -2.12. The Hall–Kier alpha value is -2.68. The highest BCUT2D eigenvalue weighted by molar-refractivity contribution is 6.12. The van der Waals surface area contributed by atoms with Crippen LogP contribution in [0.1, 0.15) is 22.8 Å². The molecule has 1 aromatic heterocycles. The van der Waals surface area contributed by atoms with E-state index in [1.54, 1.807) is 12.3 Å². The van der Waals surface area contributed by atoms with Crippen LogP contribution < -0.4 is 5.32 Å². The van der Waals surface area contributed by atoms with Gasteiger partial charge in [0.1, 0.15) is 0 Å². The molecule has 0 spiro atoms. The van der Waals surface area contributed by atoms with Crippen molar-refractivity contribution < 1.29 is 4.79 Å². The zero-order valence-electron chi connectivity index (χ0n) is 11.8. The Labute approximate surface area is 123 Å². The zero-order chi connectivity index (χ0) is 14.7. The van der Waals surface area contributed by atoms with Gasteiger partial charge in [-0.15, -0.1) is 0 Å². The van der Waals surface area contributed by atoms with E-state index >= 15 is 0 Å². The van der Waals surface area contributed by atoms with Crippen molar-refractivity contribution in [1.29, 1.82) is 0 Å². The number of aromatic nitrogens is 1. The third-order valence-corrected chi connectivity index (χ3v) is 3.51. The molecule has 3 aromatic rings. The Morgan fingerprint density at radius 3 is 2.57 bits per heavy atom. The van der Waals surface area contributed by atoms with Crippen molar-refractivity contribution >= 4 is 22.5 Å². The maximum absolute atomic E-state index is 12.4. The van der Waals surface area contributed by atoms with Gasteiger partial charge in [-0.2, -0.15) is 0 Å². The predicted octanol–water partition coefficient (Wildman–Crippen LogP) is 4.05. The Morgan fingerprint density at radius 1 is 1.05 bits per heavy atom. The van der Waals surface area contributed by atoms with Crippen molar-refractivity contribution in [2.75, 3.05) is 5.32 Å². The lowest BCUT2D eigenvalue weighted by Gasteiger charge is -2.08. The van der Waals surface area contributed by atoms with Crippen molar-refractivity contribution in [3.05, 3.63) is 71.9 Å². The molecule has 0 radical (unpaired) electrons. The van der Waals surface area contributed by atoms with Gasteiger partial charge < -0.3 is 5.32 Å². The zero-order valence-corrected chi connectivity index (χ0v) is 11.8. The van der Waals surface area contributed by atoms with E-state index in [0.717, 1.165) is 23.0 Å². The molecular weight excluding hydrogens is 260 g/mol. The fourth-order valence-corrected chi connectivity index (χ4v) is 2.32. The summed E-state index contributed by atoms with van der Waals surface area (Å²) in [7, 11) is 0. The second kappa shape index (κ2) is 5.75. The number of nitrogens with one attached hydrogen (secondary N) is 1. The number of carbonyl (C=O) groups is 1. The van der Waals surface area contributed by atoms with Crippen molar-refractivity contribution in [2.24, 2.45) is 0 Å². The maximum Gasteiger partial charge on any atom is 0.256 e. The summed E-state index contributed by atoms with van der Waals surface area (Å²) in [6.07, 6.45) is 2.65. The molecule has 3 heteroatoms. The molecule has 0 saturated carbocycles. The Bertz CT molecular complexity index is 773. The molecule has 0 fully saturated rings. The molecule has 0 atom stereocenters. The van der Waals surface area contributed by atoms with Gasteiger partial charge in [-0.3, -0.25) is 9.78 Å². The Kier molecular flexibility index (Phi) is 3.65. The maximum atomic E-state index is 12.4. The first-order valence-electron chi connectivity index (χ1n) is 7.02. The molecular formula is C18H16N2O. The van der Waals surface area contributed by atoms with Gasteiger partial charge in [0.25, 0.3) is 5.91 Å². The number of carbonyl (C=O) groups excluding carboxylic acids is 1. The van der Waals surface area contributed by atoms with Crippen LogP contribution in [-0.4, -0.2) is 10.9 Å². The summed E-state index contributed by atoms with van der Waals surface area (Å²) in [4.78, 5) is 16.7. The first-order chi connectivity index (χ1) is 10.3. The number of nitrogens with zero attached hydrogens (tertiary/aromatic N) is 1. The van der Waals surface area contributed by atoms with E-state index in [1.165, 1.54) is 5.56 Å². The van der Waals surface area contributed by atoms with Crippen LogP contribution >= 0.6 is 0 Å². The number of hydrogen-bond acceptors (Lipinski definition) is 2. The van der Waals surface area contributed by atoms with E-state index < -0.39 is 0 Å². The molecule has 1 N–H and O–H groups in total. The highest BCUT2D eigenvalue weighted by atomic mass is 16.1. The number of para-hydroxylation sites is 1. The normalized spacial score (nSPS) is 10.5. The number of fused-ring (bicyclic) bond motifs is 1. The van der Waals surface area contributed by atoms with Crippen molar-refractivity contribution in [3.8, 4) is 0 Å². The third kappa shape index (κ3) is 2.77. The summed E-state index contributed by atoms with van der Waals surface area (Å²) in [6, 6.07) is 17.3. The molecule has 0 bridgehead atoms. The number of aryl methyl sites for hydroxylation is 1. The summed E-state index contributed by atoms with van der Waals surface area (Å²) < 4.78 is 0. The average molecular weight is 276 g/mol. The molecule has 104 valence electrons.